The van der Waals surface area contributed by atoms with Crippen molar-refractivity contribution in [2.75, 3.05) is 12.3 Å². The SMILES string of the molecule is Cc1cc(C)nc(SCCNCc2cccnc2)n1. The van der Waals surface area contributed by atoms with Crippen LogP contribution < -0.4 is 5.32 Å². The topological polar surface area (TPSA) is 50.7 Å². The van der Waals surface area contributed by atoms with E-state index < -0.39 is 0 Å². The summed E-state index contributed by atoms with van der Waals surface area (Å²) in [6.45, 7) is 5.77. The highest BCUT2D eigenvalue weighted by Crippen LogP contribution is 2.13. The van der Waals surface area contributed by atoms with Crippen LogP contribution in [0.25, 0.3) is 0 Å². The van der Waals surface area contributed by atoms with Crippen molar-refractivity contribution in [3.05, 3.63) is 47.5 Å². The van der Waals surface area contributed by atoms with Crippen molar-refractivity contribution in [2.45, 2.75) is 25.5 Å². The van der Waals surface area contributed by atoms with E-state index in [1.54, 1.807) is 18.0 Å². The molecule has 0 spiro atoms. The van der Waals surface area contributed by atoms with Gasteiger partial charge in [-0.3, -0.25) is 4.98 Å². The Morgan fingerprint density at radius 2 is 2.00 bits per heavy atom. The molecule has 2 heterocycles. The Bertz CT molecular complexity index is 496. The Balaban J connectivity index is 1.69. The predicted molar refractivity (Wildman–Crippen MR) is 78.2 cm³/mol. The number of thioether (sulfide) groups is 1. The van der Waals surface area contributed by atoms with Gasteiger partial charge in [-0.25, -0.2) is 9.97 Å². The molecule has 0 saturated carbocycles. The highest BCUT2D eigenvalue weighted by molar-refractivity contribution is 7.99. The molecule has 0 saturated heterocycles. The molecule has 2 aromatic rings. The fourth-order valence-electron chi connectivity index (χ4n) is 1.71. The fourth-order valence-corrected chi connectivity index (χ4v) is 2.55. The molecular weight excluding hydrogens is 256 g/mol. The number of nitrogens with one attached hydrogen (secondary N) is 1. The summed E-state index contributed by atoms with van der Waals surface area (Å²) < 4.78 is 0. The van der Waals surface area contributed by atoms with Gasteiger partial charge >= 0.3 is 0 Å². The average Bonchev–Trinajstić information content (AvgIpc) is 2.38. The minimum Gasteiger partial charge on any atom is -0.312 e. The average molecular weight is 274 g/mol. The van der Waals surface area contributed by atoms with Crippen LogP contribution in [0.15, 0.2) is 35.7 Å². The standard InChI is InChI=1S/C14H18N4S/c1-11-8-12(2)18-14(17-11)19-7-6-16-10-13-4-3-5-15-9-13/h3-5,8-9,16H,6-7,10H2,1-2H3. The predicted octanol–water partition coefficient (Wildman–Crippen LogP) is 2.37. The molecular formula is C14H18N4S. The maximum atomic E-state index is 4.40. The Morgan fingerprint density at radius 3 is 2.68 bits per heavy atom. The van der Waals surface area contributed by atoms with Crippen LogP contribution in [0.5, 0.6) is 0 Å². The molecule has 0 atom stereocenters. The van der Waals surface area contributed by atoms with Gasteiger partial charge in [0.2, 0.25) is 0 Å². The highest BCUT2D eigenvalue weighted by Gasteiger charge is 2.00. The number of aryl methyl sites for hydroxylation is 2. The highest BCUT2D eigenvalue weighted by atomic mass is 32.2. The van der Waals surface area contributed by atoms with Crippen molar-refractivity contribution in [2.24, 2.45) is 0 Å². The van der Waals surface area contributed by atoms with Crippen molar-refractivity contribution >= 4 is 11.8 Å². The molecule has 1 N–H and O–H groups in total. The van der Waals surface area contributed by atoms with Crippen molar-refractivity contribution in [3.63, 3.8) is 0 Å². The lowest BCUT2D eigenvalue weighted by molar-refractivity contribution is 0.728. The molecule has 0 aromatic carbocycles. The van der Waals surface area contributed by atoms with E-state index in [0.717, 1.165) is 35.4 Å². The minimum absolute atomic E-state index is 0.849. The van der Waals surface area contributed by atoms with Crippen molar-refractivity contribution in [3.8, 4) is 0 Å². The van der Waals surface area contributed by atoms with E-state index in [9.17, 15) is 0 Å². The molecule has 0 aliphatic heterocycles. The molecule has 4 nitrogen and oxygen atoms in total. The summed E-state index contributed by atoms with van der Waals surface area (Å²) in [5.41, 5.74) is 3.26. The molecule has 0 unspecified atom stereocenters. The molecule has 0 aliphatic carbocycles. The summed E-state index contributed by atoms with van der Waals surface area (Å²) in [7, 11) is 0. The molecule has 0 bridgehead atoms. The first-order chi connectivity index (χ1) is 9.24. The van der Waals surface area contributed by atoms with E-state index >= 15 is 0 Å². The first-order valence-corrected chi connectivity index (χ1v) is 7.27. The van der Waals surface area contributed by atoms with Crippen LogP contribution >= 0.6 is 11.8 Å². The first-order valence-electron chi connectivity index (χ1n) is 6.29. The Kier molecular flexibility index (Phi) is 5.30. The van der Waals surface area contributed by atoms with Crippen LogP contribution in [0.1, 0.15) is 17.0 Å². The normalized spacial score (nSPS) is 10.6. The van der Waals surface area contributed by atoms with Gasteiger partial charge in [0.1, 0.15) is 0 Å². The number of nitrogens with zero attached hydrogens (tertiary/aromatic N) is 3. The van der Waals surface area contributed by atoms with Crippen LogP contribution in [-0.2, 0) is 6.54 Å². The second-order valence-electron chi connectivity index (χ2n) is 4.32. The van der Waals surface area contributed by atoms with Crippen molar-refractivity contribution < 1.29 is 0 Å². The van der Waals surface area contributed by atoms with Gasteiger partial charge in [0.05, 0.1) is 0 Å². The largest absolute Gasteiger partial charge is 0.312 e. The van der Waals surface area contributed by atoms with E-state index in [0.29, 0.717) is 0 Å². The van der Waals surface area contributed by atoms with Gasteiger partial charge in [-0.2, -0.15) is 0 Å². The Labute approximate surface area is 118 Å². The Hall–Kier alpha value is -1.46. The summed E-state index contributed by atoms with van der Waals surface area (Å²) in [4.78, 5) is 12.9. The zero-order valence-corrected chi connectivity index (χ0v) is 12.1. The summed E-state index contributed by atoms with van der Waals surface area (Å²) in [6, 6.07) is 6.01. The summed E-state index contributed by atoms with van der Waals surface area (Å²) in [6.07, 6.45) is 3.67. The number of rotatable bonds is 6. The van der Waals surface area contributed by atoms with Gasteiger partial charge in [0.15, 0.2) is 5.16 Å². The second kappa shape index (κ2) is 7.21. The van der Waals surface area contributed by atoms with E-state index in [1.165, 1.54) is 5.56 Å². The van der Waals surface area contributed by atoms with Gasteiger partial charge < -0.3 is 5.32 Å². The van der Waals surface area contributed by atoms with E-state index in [-0.39, 0.29) is 0 Å². The lowest BCUT2D eigenvalue weighted by atomic mass is 10.3. The monoisotopic (exact) mass is 274 g/mol. The van der Waals surface area contributed by atoms with Gasteiger partial charge in [0, 0.05) is 42.6 Å². The van der Waals surface area contributed by atoms with Crippen molar-refractivity contribution in [1.29, 1.82) is 0 Å². The van der Waals surface area contributed by atoms with E-state index in [2.05, 4.69) is 26.3 Å². The summed E-state index contributed by atoms with van der Waals surface area (Å²) >= 11 is 1.68. The molecule has 19 heavy (non-hydrogen) atoms. The number of hydrogen-bond acceptors (Lipinski definition) is 5. The Morgan fingerprint density at radius 1 is 1.21 bits per heavy atom. The first kappa shape index (κ1) is 14.0. The third-order valence-electron chi connectivity index (χ3n) is 2.52. The molecule has 5 heteroatoms. The zero-order chi connectivity index (χ0) is 13.5. The molecule has 2 rings (SSSR count). The quantitative estimate of drug-likeness (QED) is 0.498. The lowest BCUT2D eigenvalue weighted by Gasteiger charge is -2.05. The van der Waals surface area contributed by atoms with E-state index in [4.69, 9.17) is 0 Å². The minimum atomic E-state index is 0.849. The van der Waals surface area contributed by atoms with Crippen LogP contribution in [0.2, 0.25) is 0 Å². The van der Waals surface area contributed by atoms with Gasteiger partial charge in [-0.05, 0) is 31.5 Å². The molecule has 2 aromatic heterocycles. The van der Waals surface area contributed by atoms with Gasteiger partial charge in [-0.1, -0.05) is 17.8 Å². The molecule has 0 fully saturated rings. The molecule has 0 aliphatic rings. The van der Waals surface area contributed by atoms with Gasteiger partial charge in [0.25, 0.3) is 0 Å². The lowest BCUT2D eigenvalue weighted by Crippen LogP contribution is -2.16. The third kappa shape index (κ3) is 4.96. The third-order valence-corrected chi connectivity index (χ3v) is 3.37. The van der Waals surface area contributed by atoms with Crippen LogP contribution in [-0.4, -0.2) is 27.2 Å². The smallest absolute Gasteiger partial charge is 0.188 e. The van der Waals surface area contributed by atoms with Crippen molar-refractivity contribution in [1.82, 2.24) is 20.3 Å². The summed E-state index contributed by atoms with van der Waals surface area (Å²) in [5.74, 6) is 0.961. The van der Waals surface area contributed by atoms with Crippen LogP contribution in [0.4, 0.5) is 0 Å². The van der Waals surface area contributed by atoms with Gasteiger partial charge in [-0.15, -0.1) is 0 Å². The number of hydrogen-bond donors (Lipinski definition) is 1. The maximum absolute atomic E-state index is 4.40. The molecule has 0 amide bonds. The number of aromatic nitrogens is 3. The summed E-state index contributed by atoms with van der Waals surface area (Å²) in [5, 5.41) is 4.25. The van der Waals surface area contributed by atoms with Crippen LogP contribution in [0, 0.1) is 13.8 Å². The fraction of sp³-hybridized carbons (Fsp3) is 0.357. The maximum Gasteiger partial charge on any atom is 0.188 e. The second-order valence-corrected chi connectivity index (χ2v) is 5.38. The molecule has 0 radical (unpaired) electrons. The number of pyridine rings is 1. The van der Waals surface area contributed by atoms with Crippen LogP contribution in [0.3, 0.4) is 0 Å². The zero-order valence-electron chi connectivity index (χ0n) is 11.3. The van der Waals surface area contributed by atoms with E-state index in [1.807, 2.05) is 32.2 Å². The molecule has 100 valence electrons.